The van der Waals surface area contributed by atoms with Crippen LogP contribution in [0.1, 0.15) is 38.1 Å². The van der Waals surface area contributed by atoms with Crippen molar-refractivity contribution >= 4 is 27.8 Å². The van der Waals surface area contributed by atoms with Crippen LogP contribution in [0.15, 0.2) is 22.7 Å². The van der Waals surface area contributed by atoms with Gasteiger partial charge in [-0.05, 0) is 46.0 Å². The van der Waals surface area contributed by atoms with Crippen LogP contribution in [0.2, 0.25) is 0 Å². The Kier molecular flexibility index (Phi) is 7.68. The Morgan fingerprint density at radius 2 is 1.74 bits per heavy atom. The van der Waals surface area contributed by atoms with E-state index in [0.717, 1.165) is 6.07 Å². The number of esters is 1. The molecule has 0 unspecified atom stereocenters. The van der Waals surface area contributed by atoms with Crippen LogP contribution in [-0.4, -0.2) is 36.5 Å². The summed E-state index contributed by atoms with van der Waals surface area (Å²) in [6, 6.07) is 3.74. The third kappa shape index (κ3) is 6.69. The molecule has 0 bridgehead atoms. The van der Waals surface area contributed by atoms with E-state index in [1.165, 1.54) is 12.1 Å². The maximum absolute atomic E-state index is 13.2. The van der Waals surface area contributed by atoms with Crippen molar-refractivity contribution in [2.24, 2.45) is 11.8 Å². The smallest absolute Gasteiger partial charge is 0.339 e. The molecule has 1 aromatic carbocycles. The number of benzene rings is 1. The lowest BCUT2D eigenvalue weighted by Crippen LogP contribution is -2.39. The summed E-state index contributed by atoms with van der Waals surface area (Å²) in [5.41, 5.74) is 0.0667. The highest BCUT2D eigenvalue weighted by atomic mass is 79.9. The Labute approximate surface area is 145 Å². The van der Waals surface area contributed by atoms with Crippen LogP contribution in [0.3, 0.4) is 0 Å². The Hall–Kier alpha value is -1.43. The molecule has 0 atom stereocenters. The zero-order valence-corrected chi connectivity index (χ0v) is 15.5. The molecular formula is C17H23BrFNO3. The van der Waals surface area contributed by atoms with Gasteiger partial charge in [-0.2, -0.15) is 0 Å². The fraction of sp³-hybridized carbons (Fsp3) is 0.529. The molecule has 1 amide bonds. The number of carbonyl (C=O) groups excluding carboxylic acids is 2. The molecule has 6 heteroatoms. The molecule has 0 spiro atoms. The van der Waals surface area contributed by atoms with Gasteiger partial charge in [0.2, 0.25) is 0 Å². The number of nitrogens with zero attached hydrogens (tertiary/aromatic N) is 1. The van der Waals surface area contributed by atoms with Crippen LogP contribution in [0, 0.1) is 17.7 Å². The summed E-state index contributed by atoms with van der Waals surface area (Å²) >= 11 is 3.17. The lowest BCUT2D eigenvalue weighted by molar-refractivity contribution is -0.135. The van der Waals surface area contributed by atoms with Crippen LogP contribution in [0.4, 0.5) is 4.39 Å². The molecule has 0 aliphatic rings. The van der Waals surface area contributed by atoms with E-state index >= 15 is 0 Å². The second kappa shape index (κ2) is 9.01. The minimum Gasteiger partial charge on any atom is -0.452 e. The molecule has 0 saturated heterocycles. The molecule has 0 aliphatic heterocycles. The average Bonchev–Trinajstić information content (AvgIpc) is 2.45. The molecule has 128 valence electrons. The van der Waals surface area contributed by atoms with Crippen molar-refractivity contribution in [2.45, 2.75) is 27.7 Å². The van der Waals surface area contributed by atoms with Crippen molar-refractivity contribution in [1.82, 2.24) is 4.90 Å². The van der Waals surface area contributed by atoms with Crippen LogP contribution in [0.25, 0.3) is 0 Å². The molecule has 0 fully saturated rings. The molecule has 0 radical (unpaired) electrons. The van der Waals surface area contributed by atoms with E-state index in [2.05, 4.69) is 15.9 Å². The second-order valence-corrected chi connectivity index (χ2v) is 7.14. The highest BCUT2D eigenvalue weighted by Gasteiger charge is 2.19. The summed E-state index contributed by atoms with van der Waals surface area (Å²) in [7, 11) is 0. The summed E-state index contributed by atoms with van der Waals surface area (Å²) in [5, 5.41) is 0. The first-order valence-corrected chi connectivity index (χ1v) is 8.40. The number of rotatable bonds is 7. The summed E-state index contributed by atoms with van der Waals surface area (Å²) in [6.45, 7) is 8.97. The molecule has 1 rings (SSSR count). The van der Waals surface area contributed by atoms with Gasteiger partial charge in [-0.3, -0.25) is 4.79 Å². The van der Waals surface area contributed by atoms with Gasteiger partial charge >= 0.3 is 5.97 Å². The first kappa shape index (κ1) is 19.6. The Morgan fingerprint density at radius 1 is 1.17 bits per heavy atom. The first-order chi connectivity index (χ1) is 10.7. The van der Waals surface area contributed by atoms with Gasteiger partial charge in [-0.1, -0.05) is 27.7 Å². The number of hydrogen-bond acceptors (Lipinski definition) is 3. The topological polar surface area (TPSA) is 46.6 Å². The summed E-state index contributed by atoms with van der Waals surface area (Å²) in [5.74, 6) is -0.851. The van der Waals surface area contributed by atoms with Crippen molar-refractivity contribution in [3.05, 3.63) is 34.1 Å². The van der Waals surface area contributed by atoms with E-state index in [9.17, 15) is 14.0 Å². The number of carbonyl (C=O) groups is 2. The average molecular weight is 388 g/mol. The Bertz CT molecular complexity index is 551. The van der Waals surface area contributed by atoms with E-state index in [-0.39, 0.29) is 18.1 Å². The van der Waals surface area contributed by atoms with Gasteiger partial charge in [0.25, 0.3) is 5.91 Å². The minimum atomic E-state index is -0.723. The monoisotopic (exact) mass is 387 g/mol. The van der Waals surface area contributed by atoms with Crippen molar-refractivity contribution in [3.8, 4) is 0 Å². The Balaban J connectivity index is 2.68. The zero-order valence-electron chi connectivity index (χ0n) is 13.9. The van der Waals surface area contributed by atoms with Gasteiger partial charge in [-0.15, -0.1) is 0 Å². The lowest BCUT2D eigenvalue weighted by atomic mass is 10.1. The summed E-state index contributed by atoms with van der Waals surface area (Å²) in [4.78, 5) is 26.0. The molecule has 0 N–H and O–H groups in total. The first-order valence-electron chi connectivity index (χ1n) is 7.60. The third-order valence-corrected chi connectivity index (χ3v) is 3.69. The van der Waals surface area contributed by atoms with Gasteiger partial charge in [0.1, 0.15) is 5.82 Å². The molecular weight excluding hydrogens is 365 g/mol. The molecule has 0 saturated carbocycles. The minimum absolute atomic E-state index is 0.0667. The summed E-state index contributed by atoms with van der Waals surface area (Å²) in [6.07, 6.45) is 0. The largest absolute Gasteiger partial charge is 0.452 e. The van der Waals surface area contributed by atoms with Crippen molar-refractivity contribution in [3.63, 3.8) is 0 Å². The fourth-order valence-corrected chi connectivity index (χ4v) is 2.52. The summed E-state index contributed by atoms with van der Waals surface area (Å²) < 4.78 is 18.7. The van der Waals surface area contributed by atoms with E-state index in [1.54, 1.807) is 4.90 Å². The number of halogens is 2. The zero-order chi connectivity index (χ0) is 17.6. The predicted molar refractivity (Wildman–Crippen MR) is 90.6 cm³/mol. The fourth-order valence-electron chi connectivity index (χ4n) is 2.11. The van der Waals surface area contributed by atoms with Crippen molar-refractivity contribution < 1.29 is 18.7 Å². The quantitative estimate of drug-likeness (QED) is 0.666. The van der Waals surface area contributed by atoms with Crippen molar-refractivity contribution in [2.75, 3.05) is 19.7 Å². The van der Waals surface area contributed by atoms with Gasteiger partial charge in [0.05, 0.1) is 5.56 Å². The molecule has 1 aromatic rings. The van der Waals surface area contributed by atoms with Crippen LogP contribution in [0.5, 0.6) is 0 Å². The van der Waals surface area contributed by atoms with Crippen LogP contribution in [-0.2, 0) is 9.53 Å². The van der Waals surface area contributed by atoms with Gasteiger partial charge in [-0.25, -0.2) is 9.18 Å². The van der Waals surface area contributed by atoms with Crippen molar-refractivity contribution in [1.29, 1.82) is 0 Å². The molecule has 4 nitrogen and oxygen atoms in total. The van der Waals surface area contributed by atoms with Gasteiger partial charge < -0.3 is 9.64 Å². The van der Waals surface area contributed by atoms with Crippen LogP contribution < -0.4 is 0 Å². The number of hydrogen-bond donors (Lipinski definition) is 0. The molecule has 0 aromatic heterocycles. The maximum atomic E-state index is 13.2. The SMILES string of the molecule is CC(C)CN(CC(C)C)C(=O)COC(=O)c1cc(F)ccc1Br. The number of ether oxygens (including phenoxy) is 1. The Morgan fingerprint density at radius 3 is 2.26 bits per heavy atom. The lowest BCUT2D eigenvalue weighted by Gasteiger charge is -2.26. The van der Waals surface area contributed by atoms with Crippen LogP contribution >= 0.6 is 15.9 Å². The highest BCUT2D eigenvalue weighted by molar-refractivity contribution is 9.10. The molecule has 23 heavy (non-hydrogen) atoms. The normalized spacial score (nSPS) is 11.0. The van der Waals surface area contributed by atoms with E-state index in [4.69, 9.17) is 4.74 Å². The highest BCUT2D eigenvalue weighted by Crippen LogP contribution is 2.18. The van der Waals surface area contributed by atoms with E-state index < -0.39 is 11.8 Å². The maximum Gasteiger partial charge on any atom is 0.339 e. The number of amides is 1. The van der Waals surface area contributed by atoms with Gasteiger partial charge in [0, 0.05) is 17.6 Å². The third-order valence-electron chi connectivity index (χ3n) is 3.00. The van der Waals surface area contributed by atoms with Gasteiger partial charge in [0.15, 0.2) is 6.61 Å². The standard InChI is InChI=1S/C17H23BrFNO3/c1-11(2)8-20(9-12(3)4)16(21)10-23-17(22)14-7-13(19)5-6-15(14)18/h5-7,11-12H,8-10H2,1-4H3. The van der Waals surface area contributed by atoms with E-state index in [1.807, 2.05) is 27.7 Å². The van der Waals surface area contributed by atoms with E-state index in [0.29, 0.717) is 29.4 Å². The molecule has 0 heterocycles. The molecule has 0 aliphatic carbocycles. The second-order valence-electron chi connectivity index (χ2n) is 6.29. The predicted octanol–water partition coefficient (Wildman–Crippen LogP) is 3.89.